The van der Waals surface area contributed by atoms with Gasteiger partial charge in [0, 0.05) is 6.54 Å². The van der Waals surface area contributed by atoms with Crippen LogP contribution >= 0.6 is 11.6 Å². The Balaban J connectivity index is 1.91. The second-order valence-electron chi connectivity index (χ2n) is 5.02. The van der Waals surface area contributed by atoms with E-state index in [0.29, 0.717) is 11.3 Å². The lowest BCUT2D eigenvalue weighted by atomic mass is 10.2. The van der Waals surface area contributed by atoms with Crippen molar-refractivity contribution in [3.8, 4) is 5.75 Å². The van der Waals surface area contributed by atoms with Gasteiger partial charge in [0.05, 0.1) is 23.6 Å². The number of amides is 1. The Morgan fingerprint density at radius 1 is 1.20 bits per heavy atom. The van der Waals surface area contributed by atoms with Crippen LogP contribution in [0.5, 0.6) is 5.75 Å². The summed E-state index contributed by atoms with van der Waals surface area (Å²) in [6.07, 6.45) is 0. The summed E-state index contributed by atoms with van der Waals surface area (Å²) < 4.78 is 44.3. The highest BCUT2D eigenvalue weighted by molar-refractivity contribution is 7.89. The minimum atomic E-state index is -3.89. The van der Waals surface area contributed by atoms with Crippen LogP contribution in [0, 0.1) is 5.82 Å². The molecule has 25 heavy (non-hydrogen) atoms. The Labute approximate surface area is 150 Å². The smallest absolute Gasteiger partial charge is 0.241 e. The van der Waals surface area contributed by atoms with Crippen LogP contribution in [0.15, 0.2) is 47.4 Å². The molecule has 0 aliphatic rings. The molecule has 0 unspecified atom stereocenters. The highest BCUT2D eigenvalue weighted by atomic mass is 35.5. The molecule has 134 valence electrons. The van der Waals surface area contributed by atoms with Crippen molar-refractivity contribution >= 4 is 27.5 Å². The van der Waals surface area contributed by atoms with E-state index in [0.717, 1.165) is 0 Å². The van der Waals surface area contributed by atoms with Crippen molar-refractivity contribution in [3.05, 3.63) is 58.9 Å². The maximum absolute atomic E-state index is 12.8. The van der Waals surface area contributed by atoms with E-state index in [2.05, 4.69) is 10.0 Å². The molecule has 2 rings (SSSR count). The summed E-state index contributed by atoms with van der Waals surface area (Å²) in [4.78, 5) is 11.7. The minimum absolute atomic E-state index is 0.0790. The van der Waals surface area contributed by atoms with E-state index >= 15 is 0 Å². The van der Waals surface area contributed by atoms with Gasteiger partial charge >= 0.3 is 0 Å². The average Bonchev–Trinajstić information content (AvgIpc) is 2.59. The first-order chi connectivity index (χ1) is 11.8. The zero-order chi connectivity index (χ0) is 18.4. The predicted octanol–water partition coefficient (Wildman–Crippen LogP) is 2.08. The number of sulfonamides is 1. The van der Waals surface area contributed by atoms with Gasteiger partial charge in [0.25, 0.3) is 0 Å². The molecule has 0 aliphatic carbocycles. The quantitative estimate of drug-likeness (QED) is 0.763. The molecule has 0 saturated heterocycles. The molecule has 0 aromatic heterocycles. The molecule has 2 N–H and O–H groups in total. The van der Waals surface area contributed by atoms with Crippen molar-refractivity contribution in [2.24, 2.45) is 0 Å². The zero-order valence-electron chi connectivity index (χ0n) is 13.3. The molecule has 0 bridgehead atoms. The third-order valence-electron chi connectivity index (χ3n) is 3.26. The number of carbonyl (C=O) groups is 1. The Kier molecular flexibility index (Phi) is 6.35. The number of rotatable bonds is 7. The summed E-state index contributed by atoms with van der Waals surface area (Å²) in [5, 5.41) is 2.68. The van der Waals surface area contributed by atoms with Crippen LogP contribution in [0.3, 0.4) is 0 Å². The highest BCUT2D eigenvalue weighted by Crippen LogP contribution is 2.26. The lowest BCUT2D eigenvalue weighted by Crippen LogP contribution is -2.36. The van der Waals surface area contributed by atoms with E-state index in [1.807, 2.05) is 0 Å². The number of halogens is 2. The molecule has 6 nitrogen and oxygen atoms in total. The maximum atomic E-state index is 12.8. The van der Waals surface area contributed by atoms with E-state index in [1.165, 1.54) is 49.6 Å². The molecule has 0 heterocycles. The summed E-state index contributed by atoms with van der Waals surface area (Å²) in [6, 6.07) is 9.58. The summed E-state index contributed by atoms with van der Waals surface area (Å²) in [6.45, 7) is -0.275. The van der Waals surface area contributed by atoms with E-state index in [4.69, 9.17) is 16.3 Å². The Morgan fingerprint density at radius 2 is 1.88 bits per heavy atom. The van der Waals surface area contributed by atoms with Crippen molar-refractivity contribution in [3.63, 3.8) is 0 Å². The van der Waals surface area contributed by atoms with Gasteiger partial charge in [-0.1, -0.05) is 23.7 Å². The highest BCUT2D eigenvalue weighted by Gasteiger charge is 2.17. The number of hydrogen-bond acceptors (Lipinski definition) is 4. The van der Waals surface area contributed by atoms with Gasteiger partial charge in [-0.15, -0.1) is 0 Å². The van der Waals surface area contributed by atoms with Crippen LogP contribution in [0.4, 0.5) is 4.39 Å². The normalized spacial score (nSPS) is 11.2. The zero-order valence-corrected chi connectivity index (χ0v) is 14.8. The first-order valence-corrected chi connectivity index (χ1v) is 9.02. The summed E-state index contributed by atoms with van der Waals surface area (Å²) >= 11 is 5.90. The fourth-order valence-corrected chi connectivity index (χ4v) is 3.25. The van der Waals surface area contributed by atoms with E-state index in [1.54, 1.807) is 0 Å². The second-order valence-corrected chi connectivity index (χ2v) is 7.20. The van der Waals surface area contributed by atoms with Gasteiger partial charge in [-0.25, -0.2) is 17.5 Å². The summed E-state index contributed by atoms with van der Waals surface area (Å²) in [5.74, 6) is -0.550. The molecule has 0 saturated carbocycles. The van der Waals surface area contributed by atoms with Crippen LogP contribution in [0.25, 0.3) is 0 Å². The van der Waals surface area contributed by atoms with Crippen LogP contribution in [0.1, 0.15) is 5.56 Å². The van der Waals surface area contributed by atoms with Crippen LogP contribution in [0.2, 0.25) is 5.02 Å². The SMILES string of the molecule is COc1ccc(S(=O)(=O)NCC(=O)NCc2ccc(F)cc2)cc1Cl. The van der Waals surface area contributed by atoms with Gasteiger partial charge in [0.1, 0.15) is 11.6 Å². The largest absolute Gasteiger partial charge is 0.495 e. The molecule has 0 atom stereocenters. The van der Waals surface area contributed by atoms with Crippen molar-refractivity contribution in [1.29, 1.82) is 0 Å². The molecule has 2 aromatic rings. The number of carbonyl (C=O) groups excluding carboxylic acids is 1. The van der Waals surface area contributed by atoms with Crippen LogP contribution in [-0.4, -0.2) is 28.0 Å². The van der Waals surface area contributed by atoms with Crippen molar-refractivity contribution in [2.75, 3.05) is 13.7 Å². The van der Waals surface area contributed by atoms with Crippen LogP contribution < -0.4 is 14.8 Å². The van der Waals surface area contributed by atoms with Gasteiger partial charge < -0.3 is 10.1 Å². The molecule has 2 aromatic carbocycles. The van der Waals surface area contributed by atoms with Crippen molar-refractivity contribution < 1.29 is 22.3 Å². The Morgan fingerprint density at radius 3 is 2.48 bits per heavy atom. The molecule has 0 aliphatic heterocycles. The number of benzene rings is 2. The monoisotopic (exact) mass is 386 g/mol. The predicted molar refractivity (Wildman–Crippen MR) is 91.4 cm³/mol. The molecule has 1 amide bonds. The minimum Gasteiger partial charge on any atom is -0.495 e. The summed E-state index contributed by atoms with van der Waals surface area (Å²) in [7, 11) is -2.48. The first kappa shape index (κ1) is 19.2. The third kappa shape index (κ3) is 5.42. The standard InChI is InChI=1S/C16H16ClFN2O4S/c1-24-15-7-6-13(8-14(15)17)25(22,23)20-10-16(21)19-9-11-2-4-12(18)5-3-11/h2-8,20H,9-10H2,1H3,(H,19,21). The van der Waals surface area contributed by atoms with E-state index < -0.39 is 22.5 Å². The maximum Gasteiger partial charge on any atom is 0.241 e. The van der Waals surface area contributed by atoms with E-state index in [-0.39, 0.29) is 22.3 Å². The van der Waals surface area contributed by atoms with Gasteiger partial charge in [-0.3, -0.25) is 4.79 Å². The second kappa shape index (κ2) is 8.28. The summed E-state index contributed by atoms with van der Waals surface area (Å²) in [5.41, 5.74) is 0.694. The fraction of sp³-hybridized carbons (Fsp3) is 0.188. The average molecular weight is 387 g/mol. The molecule has 9 heteroatoms. The molecular formula is C16H16ClFN2O4S. The van der Waals surface area contributed by atoms with Crippen molar-refractivity contribution in [1.82, 2.24) is 10.0 Å². The number of hydrogen-bond donors (Lipinski definition) is 2. The molecular weight excluding hydrogens is 371 g/mol. The van der Waals surface area contributed by atoms with E-state index in [9.17, 15) is 17.6 Å². The van der Waals surface area contributed by atoms with Gasteiger partial charge in [0.15, 0.2) is 0 Å². The molecule has 0 radical (unpaired) electrons. The first-order valence-electron chi connectivity index (χ1n) is 7.16. The molecule has 0 spiro atoms. The fourth-order valence-electron chi connectivity index (χ4n) is 1.92. The third-order valence-corrected chi connectivity index (χ3v) is 4.95. The number of methoxy groups -OCH3 is 1. The van der Waals surface area contributed by atoms with Gasteiger partial charge in [0.2, 0.25) is 15.9 Å². The van der Waals surface area contributed by atoms with Gasteiger partial charge in [-0.2, -0.15) is 0 Å². The number of nitrogens with one attached hydrogen (secondary N) is 2. The Bertz CT molecular complexity index is 857. The lowest BCUT2D eigenvalue weighted by molar-refractivity contribution is -0.120. The topological polar surface area (TPSA) is 84.5 Å². The lowest BCUT2D eigenvalue weighted by Gasteiger charge is -2.09. The van der Waals surface area contributed by atoms with Crippen molar-refractivity contribution in [2.45, 2.75) is 11.4 Å². The van der Waals surface area contributed by atoms with Gasteiger partial charge in [-0.05, 0) is 35.9 Å². The number of ether oxygens (including phenoxy) is 1. The Hall–Kier alpha value is -2.16. The van der Waals surface area contributed by atoms with Crippen LogP contribution in [-0.2, 0) is 21.4 Å². The molecule has 0 fully saturated rings.